The quantitative estimate of drug-likeness (QED) is 0.781. The van der Waals surface area contributed by atoms with E-state index in [-0.39, 0.29) is 23.9 Å². The maximum absolute atomic E-state index is 13.6. The van der Waals surface area contributed by atoms with Crippen LogP contribution in [0, 0.1) is 5.82 Å². The lowest BCUT2D eigenvalue weighted by molar-refractivity contribution is 0.198. The topological polar surface area (TPSA) is 63.6 Å². The van der Waals surface area contributed by atoms with E-state index in [9.17, 15) is 17.9 Å². The summed E-state index contributed by atoms with van der Waals surface area (Å²) in [5, 5.41) is 9.30. The molecule has 0 aromatic heterocycles. The molecule has 0 saturated heterocycles. The van der Waals surface area contributed by atoms with Gasteiger partial charge in [-0.3, -0.25) is 0 Å². The summed E-state index contributed by atoms with van der Waals surface area (Å²) in [5.74, 6) is -0.350. The Labute approximate surface area is 113 Å². The van der Waals surface area contributed by atoms with Gasteiger partial charge >= 0.3 is 0 Å². The minimum absolute atomic E-state index is 0.0386. The lowest BCUT2D eigenvalue weighted by Gasteiger charge is -2.10. The Balaban J connectivity index is 2.50. The van der Waals surface area contributed by atoms with E-state index in [0.717, 1.165) is 0 Å². The van der Waals surface area contributed by atoms with Gasteiger partial charge in [0, 0.05) is 5.75 Å². The first-order valence-corrected chi connectivity index (χ1v) is 7.98. The van der Waals surface area contributed by atoms with E-state index in [1.54, 1.807) is 19.9 Å². The van der Waals surface area contributed by atoms with Crippen LogP contribution in [0.1, 0.15) is 31.9 Å². The van der Waals surface area contributed by atoms with Crippen LogP contribution in [0.5, 0.6) is 5.75 Å². The Morgan fingerprint density at radius 3 is 2.63 bits per heavy atom. The molecule has 0 heterocycles. The predicted octanol–water partition coefficient (Wildman–Crippen LogP) is 2.08. The Kier molecular flexibility index (Phi) is 5.75. The van der Waals surface area contributed by atoms with Crippen molar-refractivity contribution in [3.63, 3.8) is 0 Å². The highest BCUT2D eigenvalue weighted by Crippen LogP contribution is 2.22. The van der Waals surface area contributed by atoms with Crippen molar-refractivity contribution in [2.45, 2.75) is 26.4 Å². The maximum atomic E-state index is 13.6. The Morgan fingerprint density at radius 1 is 1.42 bits per heavy atom. The van der Waals surface area contributed by atoms with Crippen molar-refractivity contribution in [3.05, 3.63) is 29.6 Å². The zero-order chi connectivity index (χ0) is 14.5. The maximum Gasteiger partial charge on any atom is 0.165 e. The highest BCUT2D eigenvalue weighted by Gasteiger charge is 2.09. The first kappa shape index (κ1) is 15.9. The van der Waals surface area contributed by atoms with Crippen molar-refractivity contribution >= 4 is 9.84 Å². The van der Waals surface area contributed by atoms with Gasteiger partial charge in [0.15, 0.2) is 11.6 Å². The average Bonchev–Trinajstić information content (AvgIpc) is 2.36. The van der Waals surface area contributed by atoms with Crippen molar-refractivity contribution in [3.8, 4) is 5.75 Å². The summed E-state index contributed by atoms with van der Waals surface area (Å²) in [6.07, 6.45) is -0.411. The fourth-order valence-electron chi connectivity index (χ4n) is 1.50. The van der Waals surface area contributed by atoms with Gasteiger partial charge in [-0.2, -0.15) is 0 Å². The summed E-state index contributed by atoms with van der Waals surface area (Å²) in [6.45, 7) is 3.28. The highest BCUT2D eigenvalue weighted by atomic mass is 32.2. The molecular formula is C13H19FO4S. The van der Waals surface area contributed by atoms with Crippen LogP contribution in [-0.2, 0) is 9.84 Å². The van der Waals surface area contributed by atoms with Crippen molar-refractivity contribution in [1.82, 2.24) is 0 Å². The molecule has 0 aliphatic carbocycles. The molecule has 1 atom stereocenters. The van der Waals surface area contributed by atoms with Gasteiger partial charge in [0.1, 0.15) is 9.84 Å². The molecule has 0 saturated carbocycles. The van der Waals surface area contributed by atoms with Crippen molar-refractivity contribution < 1.29 is 22.7 Å². The zero-order valence-electron chi connectivity index (χ0n) is 11.1. The minimum atomic E-state index is -3.01. The highest BCUT2D eigenvalue weighted by molar-refractivity contribution is 7.91. The summed E-state index contributed by atoms with van der Waals surface area (Å²) in [5.41, 5.74) is 0.471. The summed E-state index contributed by atoms with van der Waals surface area (Å²) in [6, 6.07) is 4.22. The number of hydrogen-bond donors (Lipinski definition) is 1. The van der Waals surface area contributed by atoms with Crippen molar-refractivity contribution in [2.75, 3.05) is 18.1 Å². The molecule has 0 unspecified atom stereocenters. The average molecular weight is 290 g/mol. The summed E-state index contributed by atoms with van der Waals surface area (Å²) in [7, 11) is -3.01. The number of hydrogen-bond acceptors (Lipinski definition) is 4. The van der Waals surface area contributed by atoms with E-state index in [4.69, 9.17) is 4.74 Å². The van der Waals surface area contributed by atoms with Crippen LogP contribution in [0.4, 0.5) is 4.39 Å². The van der Waals surface area contributed by atoms with Gasteiger partial charge in [-0.25, -0.2) is 12.8 Å². The monoisotopic (exact) mass is 290 g/mol. The molecule has 0 bridgehead atoms. The first-order valence-electron chi connectivity index (χ1n) is 6.16. The van der Waals surface area contributed by atoms with Crippen molar-refractivity contribution in [2.24, 2.45) is 0 Å². The van der Waals surface area contributed by atoms with Crippen molar-refractivity contribution in [1.29, 1.82) is 0 Å². The van der Waals surface area contributed by atoms with E-state index in [1.807, 2.05) is 0 Å². The number of sulfone groups is 1. The van der Waals surface area contributed by atoms with Gasteiger partial charge < -0.3 is 9.84 Å². The fourth-order valence-corrected chi connectivity index (χ4v) is 2.35. The molecule has 108 valence electrons. The van der Waals surface area contributed by atoms with Gasteiger partial charge in [-0.1, -0.05) is 13.0 Å². The minimum Gasteiger partial charge on any atom is -0.490 e. The summed E-state index contributed by atoms with van der Waals surface area (Å²) in [4.78, 5) is 0. The van der Waals surface area contributed by atoms with Gasteiger partial charge in [0.2, 0.25) is 0 Å². The molecule has 19 heavy (non-hydrogen) atoms. The standard InChI is InChI=1S/C13H19FO4S/c1-3-19(16,17)8-4-7-18-13-6-5-11(10(2)15)9-12(13)14/h5-6,9-10,15H,3-4,7-8H2,1-2H3/t10-/m0/s1. The van der Waals surface area contributed by atoms with Crippen LogP contribution in [0.25, 0.3) is 0 Å². The van der Waals surface area contributed by atoms with Crippen LogP contribution >= 0.6 is 0 Å². The van der Waals surface area contributed by atoms with Gasteiger partial charge in [-0.05, 0) is 31.0 Å². The summed E-state index contributed by atoms with van der Waals surface area (Å²) >= 11 is 0. The predicted molar refractivity (Wildman–Crippen MR) is 71.5 cm³/mol. The molecule has 1 aromatic rings. The van der Waals surface area contributed by atoms with Gasteiger partial charge in [0.25, 0.3) is 0 Å². The van der Waals surface area contributed by atoms with Crippen LogP contribution in [-0.4, -0.2) is 31.6 Å². The molecule has 0 amide bonds. The van der Waals surface area contributed by atoms with Gasteiger partial charge in [0.05, 0.1) is 18.5 Å². The third kappa shape index (κ3) is 5.16. The van der Waals surface area contributed by atoms with Crippen LogP contribution in [0.15, 0.2) is 18.2 Å². The largest absolute Gasteiger partial charge is 0.490 e. The second kappa shape index (κ2) is 6.86. The van der Waals surface area contributed by atoms with E-state index in [2.05, 4.69) is 0 Å². The number of benzene rings is 1. The lowest BCUT2D eigenvalue weighted by Crippen LogP contribution is -2.12. The zero-order valence-corrected chi connectivity index (χ0v) is 11.9. The second-order valence-electron chi connectivity index (χ2n) is 4.30. The van der Waals surface area contributed by atoms with E-state index in [1.165, 1.54) is 12.1 Å². The Bertz CT molecular complexity index is 511. The number of aliphatic hydroxyl groups excluding tert-OH is 1. The van der Waals surface area contributed by atoms with Gasteiger partial charge in [-0.15, -0.1) is 0 Å². The molecule has 1 rings (SSSR count). The van der Waals surface area contributed by atoms with E-state index in [0.29, 0.717) is 12.0 Å². The van der Waals surface area contributed by atoms with E-state index >= 15 is 0 Å². The molecule has 0 aliphatic rings. The number of ether oxygens (including phenoxy) is 1. The molecule has 0 aliphatic heterocycles. The van der Waals surface area contributed by atoms with Crippen LogP contribution in [0.2, 0.25) is 0 Å². The molecule has 0 radical (unpaired) electrons. The number of aliphatic hydroxyl groups is 1. The van der Waals surface area contributed by atoms with Crippen LogP contribution < -0.4 is 4.74 Å². The normalized spacial score (nSPS) is 13.3. The molecule has 0 spiro atoms. The molecular weight excluding hydrogens is 271 g/mol. The Morgan fingerprint density at radius 2 is 2.11 bits per heavy atom. The van der Waals surface area contributed by atoms with E-state index < -0.39 is 21.8 Å². The molecule has 6 heteroatoms. The summed E-state index contributed by atoms with van der Waals surface area (Å²) < 4.78 is 41.3. The number of rotatable bonds is 7. The molecule has 1 N–H and O–H groups in total. The molecule has 4 nitrogen and oxygen atoms in total. The smallest absolute Gasteiger partial charge is 0.165 e. The lowest BCUT2D eigenvalue weighted by atomic mass is 10.1. The first-order chi connectivity index (χ1) is 8.85. The Hall–Kier alpha value is -1.14. The SMILES string of the molecule is CCS(=O)(=O)CCCOc1ccc([C@H](C)O)cc1F. The molecule has 0 fully saturated rings. The third-order valence-corrected chi connectivity index (χ3v) is 4.53. The number of halogens is 1. The van der Waals surface area contributed by atoms with Crippen LogP contribution in [0.3, 0.4) is 0 Å². The molecule has 1 aromatic carbocycles. The third-order valence-electron chi connectivity index (χ3n) is 2.74. The fraction of sp³-hybridized carbons (Fsp3) is 0.538. The second-order valence-corrected chi connectivity index (χ2v) is 6.78.